The van der Waals surface area contributed by atoms with Gasteiger partial charge >= 0.3 is 0 Å². The molecule has 122 valence electrons. The van der Waals surface area contributed by atoms with E-state index in [9.17, 15) is 4.79 Å². The van der Waals surface area contributed by atoms with Gasteiger partial charge in [0.05, 0.1) is 14.9 Å². The molecular formula is C17H18Cl2N2OS. The summed E-state index contributed by atoms with van der Waals surface area (Å²) in [6.45, 7) is 1.62. The number of piperidine rings is 1. The van der Waals surface area contributed by atoms with E-state index < -0.39 is 0 Å². The third-order valence-electron chi connectivity index (χ3n) is 4.21. The third-order valence-corrected chi connectivity index (χ3v) is 6.07. The van der Waals surface area contributed by atoms with Gasteiger partial charge in [0.15, 0.2) is 0 Å². The van der Waals surface area contributed by atoms with E-state index in [4.69, 9.17) is 23.2 Å². The van der Waals surface area contributed by atoms with Gasteiger partial charge in [-0.05, 0) is 49.7 Å². The number of hydrogen-bond acceptors (Lipinski definition) is 3. The Morgan fingerprint density at radius 2 is 1.91 bits per heavy atom. The van der Waals surface area contributed by atoms with Crippen LogP contribution in [-0.2, 0) is 0 Å². The van der Waals surface area contributed by atoms with E-state index in [0.717, 1.165) is 41.2 Å². The number of carbonyl (C=O) groups excluding carboxylic acids is 1. The molecule has 1 fully saturated rings. The zero-order chi connectivity index (χ0) is 16.4. The minimum Gasteiger partial charge on any atom is -0.338 e. The number of thiophene rings is 1. The lowest BCUT2D eigenvalue weighted by Crippen LogP contribution is -2.43. The van der Waals surface area contributed by atoms with E-state index >= 15 is 0 Å². The zero-order valence-electron chi connectivity index (χ0n) is 12.8. The molecule has 3 nitrogen and oxygen atoms in total. The van der Waals surface area contributed by atoms with Crippen molar-refractivity contribution in [3.8, 4) is 10.4 Å². The molecule has 0 unspecified atom stereocenters. The highest BCUT2D eigenvalue weighted by atomic mass is 35.5. The monoisotopic (exact) mass is 368 g/mol. The molecule has 1 aromatic heterocycles. The molecule has 0 radical (unpaired) electrons. The maximum absolute atomic E-state index is 12.6. The Labute approximate surface area is 150 Å². The highest BCUT2D eigenvalue weighted by molar-refractivity contribution is 7.17. The Morgan fingerprint density at radius 1 is 1.17 bits per heavy atom. The average Bonchev–Trinajstić information content (AvgIpc) is 3.07. The van der Waals surface area contributed by atoms with Crippen LogP contribution in [-0.4, -0.2) is 37.0 Å². The highest BCUT2D eigenvalue weighted by Gasteiger charge is 2.23. The zero-order valence-corrected chi connectivity index (χ0v) is 15.1. The number of nitrogens with zero attached hydrogens (tertiary/aromatic N) is 1. The fraction of sp³-hybridized carbons (Fsp3) is 0.353. The molecule has 1 N–H and O–H groups in total. The minimum absolute atomic E-state index is 0.121. The van der Waals surface area contributed by atoms with E-state index in [1.54, 1.807) is 6.07 Å². The molecule has 0 atom stereocenters. The van der Waals surface area contributed by atoms with E-state index in [1.807, 2.05) is 36.2 Å². The normalized spacial score (nSPS) is 15.9. The smallest absolute Gasteiger partial charge is 0.263 e. The van der Waals surface area contributed by atoms with E-state index in [-0.39, 0.29) is 5.91 Å². The third kappa shape index (κ3) is 3.72. The van der Waals surface area contributed by atoms with Gasteiger partial charge < -0.3 is 10.2 Å². The number of benzene rings is 1. The molecular weight excluding hydrogens is 351 g/mol. The van der Waals surface area contributed by atoms with Crippen LogP contribution in [0.15, 0.2) is 30.3 Å². The Bertz CT molecular complexity index is 708. The van der Waals surface area contributed by atoms with Crippen LogP contribution in [0.3, 0.4) is 0 Å². The Hall–Kier alpha value is -1.07. The number of hydrogen-bond donors (Lipinski definition) is 1. The quantitative estimate of drug-likeness (QED) is 0.861. The van der Waals surface area contributed by atoms with Gasteiger partial charge in [0.25, 0.3) is 5.91 Å². The second-order valence-electron chi connectivity index (χ2n) is 5.65. The molecule has 1 aromatic carbocycles. The first-order valence-electron chi connectivity index (χ1n) is 7.60. The number of carbonyl (C=O) groups is 1. The summed E-state index contributed by atoms with van der Waals surface area (Å²) < 4.78 is 0. The molecule has 0 bridgehead atoms. The van der Waals surface area contributed by atoms with Gasteiger partial charge in [0, 0.05) is 24.0 Å². The van der Waals surface area contributed by atoms with Crippen LogP contribution >= 0.6 is 34.5 Å². The van der Waals surface area contributed by atoms with Crippen molar-refractivity contribution in [1.29, 1.82) is 0 Å². The van der Waals surface area contributed by atoms with Crippen molar-refractivity contribution in [3.05, 3.63) is 45.3 Å². The molecule has 1 amide bonds. The number of likely N-dealkylation sites (tertiary alicyclic amines) is 1. The summed E-state index contributed by atoms with van der Waals surface area (Å²) in [6.07, 6.45) is 2.01. The fourth-order valence-corrected chi connectivity index (χ4v) is 4.05. The molecule has 2 heterocycles. The lowest BCUT2D eigenvalue weighted by molar-refractivity contribution is 0.0712. The molecule has 3 rings (SSSR count). The molecule has 1 saturated heterocycles. The van der Waals surface area contributed by atoms with Crippen LogP contribution in [0.25, 0.3) is 10.4 Å². The molecule has 2 aromatic rings. The molecule has 23 heavy (non-hydrogen) atoms. The Morgan fingerprint density at radius 3 is 2.57 bits per heavy atom. The van der Waals surface area contributed by atoms with Gasteiger partial charge in [-0.1, -0.05) is 29.3 Å². The second kappa shape index (κ2) is 7.22. The number of amides is 1. The van der Waals surface area contributed by atoms with Crippen LogP contribution < -0.4 is 5.32 Å². The van der Waals surface area contributed by atoms with Crippen molar-refractivity contribution in [2.45, 2.75) is 18.9 Å². The fourth-order valence-electron chi connectivity index (χ4n) is 2.78. The number of rotatable bonds is 3. The van der Waals surface area contributed by atoms with Crippen molar-refractivity contribution in [3.63, 3.8) is 0 Å². The van der Waals surface area contributed by atoms with Crippen molar-refractivity contribution in [1.82, 2.24) is 10.2 Å². The maximum Gasteiger partial charge on any atom is 0.263 e. The van der Waals surface area contributed by atoms with Crippen molar-refractivity contribution in [2.75, 3.05) is 20.1 Å². The summed E-state index contributed by atoms with van der Waals surface area (Å²) in [5.41, 5.74) is 0.984. The molecule has 0 aliphatic carbocycles. The lowest BCUT2D eigenvalue weighted by Gasteiger charge is -2.31. The first kappa shape index (κ1) is 16.8. The van der Waals surface area contributed by atoms with Crippen LogP contribution in [0.1, 0.15) is 22.5 Å². The highest BCUT2D eigenvalue weighted by Crippen LogP contribution is 2.33. The van der Waals surface area contributed by atoms with E-state index in [2.05, 4.69) is 5.32 Å². The first-order valence-corrected chi connectivity index (χ1v) is 9.17. The summed E-state index contributed by atoms with van der Waals surface area (Å²) >= 11 is 13.5. The Balaban J connectivity index is 1.74. The topological polar surface area (TPSA) is 32.3 Å². The van der Waals surface area contributed by atoms with E-state index in [0.29, 0.717) is 16.1 Å². The van der Waals surface area contributed by atoms with Crippen LogP contribution in [0.2, 0.25) is 10.0 Å². The summed E-state index contributed by atoms with van der Waals surface area (Å²) in [5.74, 6) is 0.121. The second-order valence-corrected chi connectivity index (χ2v) is 7.55. The van der Waals surface area contributed by atoms with Gasteiger partial charge in [-0.25, -0.2) is 0 Å². The van der Waals surface area contributed by atoms with Crippen LogP contribution in [0, 0.1) is 0 Å². The van der Waals surface area contributed by atoms with Crippen LogP contribution in [0.5, 0.6) is 0 Å². The predicted octanol–water partition coefficient (Wildman–Crippen LogP) is 4.55. The predicted molar refractivity (Wildman–Crippen MR) is 97.8 cm³/mol. The molecule has 0 saturated carbocycles. The summed E-state index contributed by atoms with van der Waals surface area (Å²) in [7, 11) is 1.98. The molecule has 0 spiro atoms. The first-order chi connectivity index (χ1) is 11.1. The molecule has 6 heteroatoms. The van der Waals surface area contributed by atoms with Crippen molar-refractivity contribution >= 4 is 40.4 Å². The van der Waals surface area contributed by atoms with Gasteiger partial charge in [0.2, 0.25) is 0 Å². The number of nitrogens with one attached hydrogen (secondary N) is 1. The number of halogens is 2. The minimum atomic E-state index is 0.121. The summed E-state index contributed by atoms with van der Waals surface area (Å²) in [5, 5.41) is 4.34. The summed E-state index contributed by atoms with van der Waals surface area (Å²) in [4.78, 5) is 16.4. The summed E-state index contributed by atoms with van der Waals surface area (Å²) in [6, 6.07) is 9.93. The molecule has 1 aliphatic rings. The van der Waals surface area contributed by atoms with Crippen molar-refractivity contribution < 1.29 is 4.79 Å². The average molecular weight is 369 g/mol. The maximum atomic E-state index is 12.6. The SMILES string of the molecule is CNC1CCN(C(=O)c2ccc(-c3ccc(Cl)c(Cl)c3)s2)CC1. The van der Waals surface area contributed by atoms with Gasteiger partial charge in [-0.2, -0.15) is 0 Å². The lowest BCUT2D eigenvalue weighted by atomic mass is 10.1. The van der Waals surface area contributed by atoms with Gasteiger partial charge in [-0.3, -0.25) is 4.79 Å². The largest absolute Gasteiger partial charge is 0.338 e. The van der Waals surface area contributed by atoms with E-state index in [1.165, 1.54) is 11.3 Å². The van der Waals surface area contributed by atoms with Gasteiger partial charge in [-0.15, -0.1) is 11.3 Å². The molecule has 1 aliphatic heterocycles. The standard InChI is InChI=1S/C17H18Cl2N2OS/c1-20-12-6-8-21(9-7-12)17(22)16-5-4-15(23-16)11-2-3-13(18)14(19)10-11/h2-5,10,12,20H,6-9H2,1H3. The van der Waals surface area contributed by atoms with Gasteiger partial charge in [0.1, 0.15) is 0 Å². The van der Waals surface area contributed by atoms with Crippen LogP contribution in [0.4, 0.5) is 0 Å². The Kier molecular flexibility index (Phi) is 5.27. The van der Waals surface area contributed by atoms with Crippen molar-refractivity contribution in [2.24, 2.45) is 0 Å².